The van der Waals surface area contributed by atoms with E-state index in [1.165, 1.54) is 5.56 Å². The molecule has 1 aromatic carbocycles. The molecule has 1 rings (SSSR count). The summed E-state index contributed by atoms with van der Waals surface area (Å²) in [5.74, 6) is -0.0741. The molecular formula is C13H19NO2. The first-order chi connectivity index (χ1) is 7.63. The molecule has 3 nitrogen and oxygen atoms in total. The first kappa shape index (κ1) is 12.7. The van der Waals surface area contributed by atoms with Crippen molar-refractivity contribution in [3.63, 3.8) is 0 Å². The third kappa shape index (κ3) is 4.03. The fourth-order valence-electron chi connectivity index (χ4n) is 1.42. The number of ether oxygens (including phenoxy) is 1. The summed E-state index contributed by atoms with van der Waals surface area (Å²) < 4.78 is 5.04. The Morgan fingerprint density at radius 1 is 1.38 bits per heavy atom. The molecule has 0 spiro atoms. The zero-order valence-electron chi connectivity index (χ0n) is 10.1. The molecule has 0 aliphatic heterocycles. The van der Waals surface area contributed by atoms with Gasteiger partial charge in [-0.15, -0.1) is 0 Å². The van der Waals surface area contributed by atoms with Crippen LogP contribution in [0.2, 0.25) is 0 Å². The Balaban J connectivity index is 2.48. The van der Waals surface area contributed by atoms with Crippen molar-refractivity contribution in [2.24, 2.45) is 0 Å². The summed E-state index contributed by atoms with van der Waals surface area (Å²) in [4.78, 5) is 11.4. The van der Waals surface area contributed by atoms with Crippen LogP contribution in [0.3, 0.4) is 0 Å². The molecule has 0 aliphatic rings. The van der Waals surface area contributed by atoms with Gasteiger partial charge in [0.25, 0.3) is 0 Å². The molecule has 3 heteroatoms. The Kier molecular flexibility index (Phi) is 4.99. The Morgan fingerprint density at radius 3 is 2.56 bits per heavy atom. The van der Waals surface area contributed by atoms with Crippen molar-refractivity contribution in [2.75, 3.05) is 13.2 Å². The van der Waals surface area contributed by atoms with Crippen LogP contribution < -0.4 is 5.32 Å². The van der Waals surface area contributed by atoms with E-state index in [0.717, 1.165) is 5.56 Å². The van der Waals surface area contributed by atoms with Crippen molar-refractivity contribution < 1.29 is 9.53 Å². The normalized spacial score (nSPS) is 12.2. The SMILES string of the molecule is CCOCC(=O)NC(C)c1ccc(C)cc1. The van der Waals surface area contributed by atoms with Gasteiger partial charge in [-0.25, -0.2) is 0 Å². The van der Waals surface area contributed by atoms with Crippen molar-refractivity contribution in [3.05, 3.63) is 35.4 Å². The minimum Gasteiger partial charge on any atom is -0.372 e. The molecule has 0 saturated carbocycles. The summed E-state index contributed by atoms with van der Waals surface area (Å²) in [5.41, 5.74) is 2.33. The Hall–Kier alpha value is -1.35. The standard InChI is InChI=1S/C13H19NO2/c1-4-16-9-13(15)14-11(3)12-7-5-10(2)6-8-12/h5-8,11H,4,9H2,1-3H3,(H,14,15). The average molecular weight is 221 g/mol. The van der Waals surface area contributed by atoms with E-state index in [-0.39, 0.29) is 18.6 Å². The number of nitrogens with one attached hydrogen (secondary N) is 1. The van der Waals surface area contributed by atoms with Gasteiger partial charge >= 0.3 is 0 Å². The quantitative estimate of drug-likeness (QED) is 0.827. The lowest BCUT2D eigenvalue weighted by Gasteiger charge is -2.14. The summed E-state index contributed by atoms with van der Waals surface area (Å²) in [5, 5.41) is 2.89. The predicted octanol–water partition coefficient (Wildman–Crippen LogP) is 2.21. The Bertz CT molecular complexity index is 332. The molecule has 0 radical (unpaired) electrons. The number of hydrogen-bond acceptors (Lipinski definition) is 2. The maximum absolute atomic E-state index is 11.4. The number of carbonyl (C=O) groups is 1. The van der Waals surface area contributed by atoms with Crippen LogP contribution >= 0.6 is 0 Å². The van der Waals surface area contributed by atoms with Crippen LogP contribution in [0.1, 0.15) is 31.0 Å². The molecule has 1 unspecified atom stereocenters. The summed E-state index contributed by atoms with van der Waals surface area (Å²) in [6, 6.07) is 8.16. The second-order valence-corrected chi connectivity index (χ2v) is 3.84. The van der Waals surface area contributed by atoms with E-state index in [9.17, 15) is 4.79 Å². The molecule has 1 atom stereocenters. The number of aryl methyl sites for hydroxylation is 1. The fourth-order valence-corrected chi connectivity index (χ4v) is 1.42. The highest BCUT2D eigenvalue weighted by Gasteiger charge is 2.08. The topological polar surface area (TPSA) is 38.3 Å². The van der Waals surface area contributed by atoms with Crippen LogP contribution in [0.25, 0.3) is 0 Å². The van der Waals surface area contributed by atoms with Crippen LogP contribution in [0, 0.1) is 6.92 Å². The summed E-state index contributed by atoms with van der Waals surface area (Å²) >= 11 is 0. The van der Waals surface area contributed by atoms with Crippen LogP contribution in [0.4, 0.5) is 0 Å². The number of benzene rings is 1. The van der Waals surface area contributed by atoms with Crippen LogP contribution in [-0.2, 0) is 9.53 Å². The minimum atomic E-state index is -0.0741. The second-order valence-electron chi connectivity index (χ2n) is 3.84. The van der Waals surface area contributed by atoms with Crippen LogP contribution in [-0.4, -0.2) is 19.1 Å². The van der Waals surface area contributed by atoms with E-state index >= 15 is 0 Å². The maximum Gasteiger partial charge on any atom is 0.246 e. The van der Waals surface area contributed by atoms with Gasteiger partial charge in [-0.2, -0.15) is 0 Å². The first-order valence-corrected chi connectivity index (χ1v) is 5.57. The number of amides is 1. The lowest BCUT2D eigenvalue weighted by atomic mass is 10.1. The lowest BCUT2D eigenvalue weighted by Crippen LogP contribution is -2.30. The molecule has 0 aromatic heterocycles. The molecule has 0 aliphatic carbocycles. The van der Waals surface area contributed by atoms with E-state index in [2.05, 4.69) is 5.32 Å². The van der Waals surface area contributed by atoms with Gasteiger partial charge in [0.2, 0.25) is 5.91 Å². The lowest BCUT2D eigenvalue weighted by molar-refractivity contribution is -0.126. The van der Waals surface area contributed by atoms with Gasteiger partial charge in [0.05, 0.1) is 6.04 Å². The fraction of sp³-hybridized carbons (Fsp3) is 0.462. The molecule has 88 valence electrons. The zero-order valence-corrected chi connectivity index (χ0v) is 10.1. The van der Waals surface area contributed by atoms with Gasteiger partial charge in [0.1, 0.15) is 6.61 Å². The van der Waals surface area contributed by atoms with Gasteiger partial charge in [0, 0.05) is 6.61 Å². The number of carbonyl (C=O) groups excluding carboxylic acids is 1. The molecule has 1 aromatic rings. The predicted molar refractivity (Wildman–Crippen MR) is 64.2 cm³/mol. The van der Waals surface area contributed by atoms with Crippen molar-refractivity contribution in [1.82, 2.24) is 5.32 Å². The van der Waals surface area contributed by atoms with Crippen molar-refractivity contribution in [3.8, 4) is 0 Å². The molecule has 0 fully saturated rings. The zero-order chi connectivity index (χ0) is 12.0. The molecule has 1 amide bonds. The van der Waals surface area contributed by atoms with Crippen LogP contribution in [0.15, 0.2) is 24.3 Å². The number of rotatable bonds is 5. The van der Waals surface area contributed by atoms with Crippen molar-refractivity contribution in [1.29, 1.82) is 0 Å². The van der Waals surface area contributed by atoms with Crippen molar-refractivity contribution >= 4 is 5.91 Å². The summed E-state index contributed by atoms with van der Waals surface area (Å²) in [6.45, 7) is 6.58. The largest absolute Gasteiger partial charge is 0.372 e. The Morgan fingerprint density at radius 2 is 2.00 bits per heavy atom. The van der Waals surface area contributed by atoms with E-state index < -0.39 is 0 Å². The highest BCUT2D eigenvalue weighted by atomic mass is 16.5. The number of hydrogen-bond donors (Lipinski definition) is 1. The van der Waals surface area contributed by atoms with Gasteiger partial charge in [0.15, 0.2) is 0 Å². The highest BCUT2D eigenvalue weighted by molar-refractivity contribution is 5.77. The summed E-state index contributed by atoms with van der Waals surface area (Å²) in [7, 11) is 0. The average Bonchev–Trinajstić information content (AvgIpc) is 2.27. The third-order valence-electron chi connectivity index (χ3n) is 2.39. The molecule has 0 heterocycles. The van der Waals surface area contributed by atoms with Gasteiger partial charge in [-0.3, -0.25) is 4.79 Å². The maximum atomic E-state index is 11.4. The van der Waals surface area contributed by atoms with Gasteiger partial charge < -0.3 is 10.1 Å². The summed E-state index contributed by atoms with van der Waals surface area (Å²) in [6.07, 6.45) is 0. The highest BCUT2D eigenvalue weighted by Crippen LogP contribution is 2.12. The molecule has 16 heavy (non-hydrogen) atoms. The molecule has 0 saturated heterocycles. The molecule has 0 bridgehead atoms. The van der Waals surface area contributed by atoms with Gasteiger partial charge in [-0.05, 0) is 26.3 Å². The second kappa shape index (κ2) is 6.28. The monoisotopic (exact) mass is 221 g/mol. The van der Waals surface area contributed by atoms with Crippen LogP contribution in [0.5, 0.6) is 0 Å². The molecular weight excluding hydrogens is 202 g/mol. The smallest absolute Gasteiger partial charge is 0.246 e. The van der Waals surface area contributed by atoms with E-state index in [1.807, 2.05) is 45.0 Å². The first-order valence-electron chi connectivity index (χ1n) is 5.57. The van der Waals surface area contributed by atoms with E-state index in [4.69, 9.17) is 4.74 Å². The minimum absolute atomic E-state index is 0.0218. The van der Waals surface area contributed by atoms with E-state index in [1.54, 1.807) is 0 Å². The third-order valence-corrected chi connectivity index (χ3v) is 2.39. The van der Waals surface area contributed by atoms with E-state index in [0.29, 0.717) is 6.61 Å². The van der Waals surface area contributed by atoms with Gasteiger partial charge in [-0.1, -0.05) is 29.8 Å². The van der Waals surface area contributed by atoms with Crippen molar-refractivity contribution in [2.45, 2.75) is 26.8 Å². The molecule has 1 N–H and O–H groups in total. The Labute approximate surface area is 96.8 Å².